The third kappa shape index (κ3) is 8.31. The number of aromatic nitrogens is 2. The van der Waals surface area contributed by atoms with Crippen LogP contribution in [0.2, 0.25) is 5.02 Å². The summed E-state index contributed by atoms with van der Waals surface area (Å²) in [6.07, 6.45) is 6.23. The van der Waals surface area contributed by atoms with Crippen LogP contribution in [0.1, 0.15) is 57.6 Å². The van der Waals surface area contributed by atoms with Crippen LogP contribution in [0.5, 0.6) is 0 Å². The summed E-state index contributed by atoms with van der Waals surface area (Å²) in [5.41, 5.74) is 11.7. The van der Waals surface area contributed by atoms with Crippen molar-refractivity contribution in [3.63, 3.8) is 0 Å². The van der Waals surface area contributed by atoms with Crippen molar-refractivity contribution in [1.82, 2.24) is 20.2 Å². The maximum Gasteiger partial charge on any atom is 0.407 e. The molecule has 0 spiro atoms. The molecule has 1 fully saturated rings. The number of carbonyl (C=O) groups is 2. The first-order chi connectivity index (χ1) is 22.3. The fraction of sp³-hybridized carbons (Fsp3) is 0.353. The Labute approximate surface area is 278 Å². The van der Waals surface area contributed by atoms with Gasteiger partial charge in [-0.05, 0) is 94.8 Å². The van der Waals surface area contributed by atoms with Gasteiger partial charge in [0.1, 0.15) is 17.3 Å². The van der Waals surface area contributed by atoms with Crippen LogP contribution in [0, 0.1) is 12.7 Å². The van der Waals surface area contributed by atoms with Crippen LogP contribution < -0.4 is 27.0 Å². The molecule has 0 atom stereocenters. The number of nitrogens with one attached hydrogen (secondary N) is 4. The molecule has 11 nitrogen and oxygen atoms in total. The number of rotatable bonds is 7. The van der Waals surface area contributed by atoms with Gasteiger partial charge in [-0.2, -0.15) is 5.10 Å². The monoisotopic (exact) mass is 662 g/mol. The number of alkyl carbamates (subject to hydrolysis) is 1. The molecular formula is C34H40ClFN8O3. The van der Waals surface area contributed by atoms with Gasteiger partial charge >= 0.3 is 12.1 Å². The Morgan fingerprint density at radius 3 is 2.49 bits per heavy atom. The van der Waals surface area contributed by atoms with E-state index in [1.165, 1.54) is 18.2 Å². The second-order valence-electron chi connectivity index (χ2n) is 12.7. The lowest BCUT2D eigenvalue weighted by molar-refractivity contribution is 0.0492. The molecule has 0 unspecified atom stereocenters. The van der Waals surface area contributed by atoms with Gasteiger partial charge < -0.3 is 31.7 Å². The second kappa shape index (κ2) is 13.9. The van der Waals surface area contributed by atoms with Crippen molar-refractivity contribution >= 4 is 52.1 Å². The van der Waals surface area contributed by atoms with Gasteiger partial charge in [0.2, 0.25) is 0 Å². The number of benzene rings is 2. The Balaban J connectivity index is 1.47. The number of anilines is 2. The van der Waals surface area contributed by atoms with E-state index in [9.17, 15) is 14.0 Å². The second-order valence-corrected chi connectivity index (χ2v) is 13.1. The van der Waals surface area contributed by atoms with E-state index in [2.05, 4.69) is 31.4 Å². The van der Waals surface area contributed by atoms with E-state index >= 15 is 0 Å². The molecule has 4 aromatic rings. The highest BCUT2D eigenvalue weighted by molar-refractivity contribution is 6.33. The SMILES string of the molecule is CNC(=O)Nc1ccc(-c2cc3c(NC4CCC(NC(=O)OC(C)(C)C)CC4)c(C(N)=Nc4cc(F)ccc4Cl)cnn3c2)c(C)c1. The Morgan fingerprint density at radius 1 is 1.09 bits per heavy atom. The van der Waals surface area contributed by atoms with E-state index in [0.717, 1.165) is 53.6 Å². The summed E-state index contributed by atoms with van der Waals surface area (Å²) < 4.78 is 21.2. The minimum absolute atomic E-state index is 0.00493. The van der Waals surface area contributed by atoms with E-state index in [4.69, 9.17) is 22.1 Å². The molecule has 2 aromatic carbocycles. The lowest BCUT2D eigenvalue weighted by Crippen LogP contribution is -2.42. The van der Waals surface area contributed by atoms with Gasteiger partial charge in [0.15, 0.2) is 0 Å². The van der Waals surface area contributed by atoms with E-state index in [0.29, 0.717) is 11.3 Å². The van der Waals surface area contributed by atoms with Crippen molar-refractivity contribution in [3.05, 3.63) is 76.8 Å². The predicted octanol–water partition coefficient (Wildman–Crippen LogP) is 7.14. The van der Waals surface area contributed by atoms with Gasteiger partial charge in [0, 0.05) is 42.6 Å². The fourth-order valence-corrected chi connectivity index (χ4v) is 5.79. The molecule has 248 valence electrons. The largest absolute Gasteiger partial charge is 0.444 e. The molecule has 6 N–H and O–H groups in total. The van der Waals surface area contributed by atoms with Crippen LogP contribution in [0.15, 0.2) is 59.9 Å². The summed E-state index contributed by atoms with van der Waals surface area (Å²) in [4.78, 5) is 28.6. The lowest BCUT2D eigenvalue weighted by Gasteiger charge is -2.31. The molecule has 0 saturated heterocycles. The zero-order valence-corrected chi connectivity index (χ0v) is 27.8. The number of amidine groups is 1. The zero-order valence-electron chi connectivity index (χ0n) is 27.1. The van der Waals surface area contributed by atoms with Crippen molar-refractivity contribution in [2.75, 3.05) is 17.7 Å². The average Bonchev–Trinajstić information content (AvgIpc) is 3.43. The fourth-order valence-electron chi connectivity index (χ4n) is 5.63. The average molecular weight is 663 g/mol. The number of nitrogens with zero attached hydrogens (tertiary/aromatic N) is 3. The van der Waals surface area contributed by atoms with Gasteiger partial charge in [-0.15, -0.1) is 0 Å². The molecular weight excluding hydrogens is 623 g/mol. The molecule has 0 bridgehead atoms. The number of ether oxygens (including phenoxy) is 1. The molecule has 13 heteroatoms. The Kier molecular flexibility index (Phi) is 9.90. The van der Waals surface area contributed by atoms with Crippen LogP contribution in [0.4, 0.5) is 31.0 Å². The summed E-state index contributed by atoms with van der Waals surface area (Å²) in [5, 5.41) is 16.9. The molecule has 47 heavy (non-hydrogen) atoms. The number of aryl methyl sites for hydroxylation is 1. The van der Waals surface area contributed by atoms with E-state index in [1.54, 1.807) is 17.8 Å². The van der Waals surface area contributed by atoms with Crippen LogP contribution in [0.3, 0.4) is 0 Å². The zero-order chi connectivity index (χ0) is 33.9. The van der Waals surface area contributed by atoms with Crippen LogP contribution >= 0.6 is 11.6 Å². The topological polar surface area (TPSA) is 147 Å². The van der Waals surface area contributed by atoms with Gasteiger partial charge in [0.05, 0.1) is 33.7 Å². The number of aliphatic imine (C=N–C) groups is 1. The van der Waals surface area contributed by atoms with Gasteiger partial charge in [-0.3, -0.25) is 0 Å². The Hall–Kier alpha value is -4.84. The summed E-state index contributed by atoms with van der Waals surface area (Å²) in [6.45, 7) is 7.49. The quantitative estimate of drug-likeness (QED) is 0.105. The number of hydrogen-bond donors (Lipinski definition) is 5. The van der Waals surface area contributed by atoms with Crippen molar-refractivity contribution in [3.8, 4) is 11.1 Å². The summed E-state index contributed by atoms with van der Waals surface area (Å²) in [6, 6.07) is 11.4. The number of fused-ring (bicyclic) bond motifs is 1. The van der Waals surface area contributed by atoms with Gasteiger partial charge in [-0.25, -0.2) is 23.5 Å². The van der Waals surface area contributed by atoms with Crippen molar-refractivity contribution in [1.29, 1.82) is 0 Å². The van der Waals surface area contributed by atoms with Crippen molar-refractivity contribution in [2.24, 2.45) is 10.7 Å². The number of urea groups is 1. The Morgan fingerprint density at radius 2 is 1.81 bits per heavy atom. The molecule has 1 saturated carbocycles. The molecule has 3 amide bonds. The summed E-state index contributed by atoms with van der Waals surface area (Å²) in [5.74, 6) is -0.355. The van der Waals surface area contributed by atoms with E-state index in [1.807, 2.05) is 58.2 Å². The predicted molar refractivity (Wildman–Crippen MR) is 184 cm³/mol. The normalized spacial score (nSPS) is 16.9. The third-order valence-electron chi connectivity index (χ3n) is 7.88. The summed E-state index contributed by atoms with van der Waals surface area (Å²) in [7, 11) is 1.56. The minimum atomic E-state index is -0.567. The number of carbonyl (C=O) groups excluding carboxylic acids is 2. The lowest BCUT2D eigenvalue weighted by atomic mass is 9.91. The number of halogens is 2. The number of nitrogens with two attached hydrogens (primary N) is 1. The first-order valence-corrected chi connectivity index (χ1v) is 15.8. The first-order valence-electron chi connectivity index (χ1n) is 15.5. The van der Waals surface area contributed by atoms with E-state index in [-0.39, 0.29) is 34.7 Å². The molecule has 2 aromatic heterocycles. The first kappa shape index (κ1) is 33.5. The van der Waals surface area contributed by atoms with Gasteiger partial charge in [-0.1, -0.05) is 17.7 Å². The number of hydrogen-bond acceptors (Lipinski definition) is 6. The van der Waals surface area contributed by atoms with Crippen LogP contribution in [0.25, 0.3) is 16.6 Å². The standard InChI is InChI=1S/C34H40ClFN8O3/c1-19-14-24(41-32(45)38-5)11-12-25(19)20-15-29-30(40-22-7-9-23(10-8-22)42-33(46)47-34(2,3)4)26(17-39-44(29)18-20)31(37)43-28-16-21(36)6-13-27(28)35/h6,11-18,22-23,40H,7-10H2,1-5H3,(H2,37,43)(H,42,46)(H2,38,41,45). The Bertz CT molecular complexity index is 1830. The minimum Gasteiger partial charge on any atom is -0.444 e. The van der Waals surface area contributed by atoms with Crippen molar-refractivity contribution in [2.45, 2.75) is 71.1 Å². The molecule has 1 aliphatic carbocycles. The van der Waals surface area contributed by atoms with Gasteiger partial charge in [0.25, 0.3) is 0 Å². The maximum atomic E-state index is 14.0. The molecule has 5 rings (SSSR count). The molecule has 1 aliphatic rings. The summed E-state index contributed by atoms with van der Waals surface area (Å²) >= 11 is 6.31. The third-order valence-corrected chi connectivity index (χ3v) is 8.20. The number of amides is 3. The van der Waals surface area contributed by atoms with Crippen LogP contribution in [-0.2, 0) is 4.74 Å². The van der Waals surface area contributed by atoms with Crippen molar-refractivity contribution < 1.29 is 18.7 Å². The molecule has 2 heterocycles. The van der Waals surface area contributed by atoms with E-state index < -0.39 is 17.5 Å². The maximum absolute atomic E-state index is 14.0. The molecule has 0 radical (unpaired) electrons. The van der Waals surface area contributed by atoms with Crippen LogP contribution in [-0.4, -0.2) is 52.3 Å². The highest BCUT2D eigenvalue weighted by Crippen LogP contribution is 2.34. The highest BCUT2D eigenvalue weighted by Gasteiger charge is 2.26. The molecule has 0 aliphatic heterocycles. The smallest absolute Gasteiger partial charge is 0.407 e. The highest BCUT2D eigenvalue weighted by atomic mass is 35.5.